The zero-order chi connectivity index (χ0) is 22.8. The summed E-state index contributed by atoms with van der Waals surface area (Å²) in [5.41, 5.74) is -1.00. The molecule has 0 aromatic rings. The van der Waals surface area contributed by atoms with Crippen LogP contribution in [0.2, 0.25) is 0 Å². The third-order valence-electron chi connectivity index (χ3n) is 3.62. The second-order valence-corrected chi connectivity index (χ2v) is 7.27. The number of hydrogen-bond donors (Lipinski definition) is 0. The summed E-state index contributed by atoms with van der Waals surface area (Å²) in [6.07, 6.45) is -4.74. The predicted molar refractivity (Wildman–Crippen MR) is 101 cm³/mol. The Hall–Kier alpha value is -2.34. The molecule has 0 aromatic carbocycles. The van der Waals surface area contributed by atoms with E-state index in [1.54, 1.807) is 6.92 Å². The summed E-state index contributed by atoms with van der Waals surface area (Å²) in [5.74, 6) is -3.44. The smallest absolute Gasteiger partial charge is 0.315 e. The second-order valence-electron chi connectivity index (χ2n) is 6.18. The average molecular weight is 450 g/mol. The van der Waals surface area contributed by atoms with Gasteiger partial charge in [-0.2, -0.15) is 0 Å². The monoisotopic (exact) mass is 450 g/mol. The number of esters is 5. The molecule has 0 aromatic heterocycles. The lowest BCUT2D eigenvalue weighted by molar-refractivity contribution is -0.237. The molecule has 0 bridgehead atoms. The molecule has 1 aliphatic heterocycles. The number of ether oxygens (including phenoxy) is 6. The average Bonchev–Trinajstić information content (AvgIpc) is 2.61. The largest absolute Gasteiger partial charge is 0.465 e. The van der Waals surface area contributed by atoms with Crippen molar-refractivity contribution in [2.45, 2.75) is 64.5 Å². The second kappa shape index (κ2) is 12.4. The molecule has 1 aliphatic rings. The van der Waals surface area contributed by atoms with Crippen LogP contribution in [-0.2, 0) is 52.4 Å². The molecule has 0 saturated carbocycles. The number of carbonyl (C=O) groups excluding carboxylic acids is 5. The molecule has 0 spiro atoms. The van der Waals surface area contributed by atoms with E-state index in [9.17, 15) is 24.0 Å². The Morgan fingerprint density at radius 3 is 1.80 bits per heavy atom. The molecule has 30 heavy (non-hydrogen) atoms. The minimum Gasteiger partial charge on any atom is -0.465 e. The van der Waals surface area contributed by atoms with Crippen LogP contribution in [0.15, 0.2) is 0 Å². The zero-order valence-electron chi connectivity index (χ0n) is 17.4. The lowest BCUT2D eigenvalue weighted by Crippen LogP contribution is -2.61. The van der Waals surface area contributed by atoms with E-state index in [1.165, 1.54) is 6.92 Å². The molecule has 170 valence electrons. The van der Waals surface area contributed by atoms with E-state index in [4.69, 9.17) is 28.4 Å². The fourth-order valence-electron chi connectivity index (χ4n) is 2.68. The van der Waals surface area contributed by atoms with E-state index in [1.807, 2.05) is 0 Å². The van der Waals surface area contributed by atoms with Crippen LogP contribution in [0.4, 0.5) is 0 Å². The summed E-state index contributed by atoms with van der Waals surface area (Å²) < 4.78 is 31.5. The normalized spacial score (nSPS) is 25.6. The lowest BCUT2D eigenvalue weighted by atomic mass is 9.99. The molecule has 0 amide bonds. The fraction of sp³-hybridized carbons (Fsp3) is 0.722. The standard InChI is InChI=1S/C18H26O11S/c1-6-24-14(23)8-30-18-17(28-12(5)22)16(27-11(4)21)15(26-10(3)20)13(29-18)7-25-9(2)19/h13,15-18H,6-8H2,1-5H3/t13-,15-,16+,17-,18+/m1/s1. The van der Waals surface area contributed by atoms with Gasteiger partial charge in [-0.15, -0.1) is 11.8 Å². The summed E-state index contributed by atoms with van der Waals surface area (Å²) in [7, 11) is 0. The van der Waals surface area contributed by atoms with E-state index in [0.717, 1.165) is 32.5 Å². The Bertz CT molecular complexity index is 650. The van der Waals surface area contributed by atoms with Crippen LogP contribution in [0.1, 0.15) is 34.6 Å². The van der Waals surface area contributed by atoms with Crippen molar-refractivity contribution in [2.75, 3.05) is 19.0 Å². The van der Waals surface area contributed by atoms with E-state index in [-0.39, 0.29) is 19.0 Å². The van der Waals surface area contributed by atoms with Gasteiger partial charge in [-0.1, -0.05) is 0 Å². The minimum absolute atomic E-state index is 0.151. The van der Waals surface area contributed by atoms with Crippen molar-refractivity contribution in [1.29, 1.82) is 0 Å². The number of hydrogen-bond acceptors (Lipinski definition) is 12. The van der Waals surface area contributed by atoms with Crippen LogP contribution < -0.4 is 0 Å². The molecule has 1 saturated heterocycles. The summed E-state index contributed by atoms with van der Waals surface area (Å²) >= 11 is 0.939. The summed E-state index contributed by atoms with van der Waals surface area (Å²) in [6.45, 7) is 6.10. The Morgan fingerprint density at radius 1 is 0.767 bits per heavy atom. The molecule has 1 rings (SSSR count). The van der Waals surface area contributed by atoms with Crippen LogP contribution >= 0.6 is 11.8 Å². The van der Waals surface area contributed by atoms with Gasteiger partial charge in [0.15, 0.2) is 18.3 Å². The van der Waals surface area contributed by atoms with Crippen molar-refractivity contribution in [2.24, 2.45) is 0 Å². The first-order valence-corrected chi connectivity index (χ1v) is 10.2. The highest BCUT2D eigenvalue weighted by molar-refractivity contribution is 8.00. The van der Waals surface area contributed by atoms with Crippen molar-refractivity contribution in [1.82, 2.24) is 0 Å². The van der Waals surface area contributed by atoms with Crippen LogP contribution in [0, 0.1) is 0 Å². The molecular formula is C18H26O11S. The number of thioether (sulfide) groups is 1. The fourth-order valence-corrected chi connectivity index (χ4v) is 3.68. The van der Waals surface area contributed by atoms with Crippen LogP contribution in [0.3, 0.4) is 0 Å². The first-order valence-electron chi connectivity index (χ1n) is 9.12. The minimum atomic E-state index is -1.26. The van der Waals surface area contributed by atoms with Gasteiger partial charge in [-0.25, -0.2) is 0 Å². The van der Waals surface area contributed by atoms with Gasteiger partial charge in [0.2, 0.25) is 0 Å². The zero-order valence-corrected chi connectivity index (χ0v) is 18.2. The Balaban J connectivity index is 3.23. The molecule has 0 N–H and O–H groups in total. The Labute approximate surface area is 178 Å². The van der Waals surface area contributed by atoms with E-state index < -0.39 is 59.7 Å². The van der Waals surface area contributed by atoms with Gasteiger partial charge in [0.1, 0.15) is 18.1 Å². The molecule has 1 heterocycles. The third-order valence-corrected chi connectivity index (χ3v) is 4.73. The molecule has 1 fully saturated rings. The molecule has 0 unspecified atom stereocenters. The number of carbonyl (C=O) groups is 5. The molecule has 0 aliphatic carbocycles. The quantitative estimate of drug-likeness (QED) is 0.354. The number of rotatable bonds is 9. The van der Waals surface area contributed by atoms with Gasteiger partial charge in [-0.3, -0.25) is 24.0 Å². The van der Waals surface area contributed by atoms with Crippen molar-refractivity contribution < 1.29 is 52.4 Å². The highest BCUT2D eigenvalue weighted by Crippen LogP contribution is 2.34. The van der Waals surface area contributed by atoms with E-state index in [0.29, 0.717) is 0 Å². The van der Waals surface area contributed by atoms with Crippen molar-refractivity contribution in [3.05, 3.63) is 0 Å². The van der Waals surface area contributed by atoms with Crippen molar-refractivity contribution >= 4 is 41.6 Å². The van der Waals surface area contributed by atoms with Gasteiger partial charge in [0, 0.05) is 27.7 Å². The summed E-state index contributed by atoms with van der Waals surface area (Å²) in [4.78, 5) is 58.0. The van der Waals surface area contributed by atoms with Gasteiger partial charge >= 0.3 is 29.8 Å². The first kappa shape index (κ1) is 25.7. The summed E-state index contributed by atoms with van der Waals surface area (Å²) in [5, 5.41) is 0. The van der Waals surface area contributed by atoms with Crippen LogP contribution in [0.25, 0.3) is 0 Å². The maximum Gasteiger partial charge on any atom is 0.315 e. The highest BCUT2D eigenvalue weighted by atomic mass is 32.2. The van der Waals surface area contributed by atoms with Crippen LogP contribution in [0.5, 0.6) is 0 Å². The molecule has 11 nitrogen and oxygen atoms in total. The van der Waals surface area contributed by atoms with E-state index >= 15 is 0 Å². The first-order chi connectivity index (χ1) is 14.0. The van der Waals surface area contributed by atoms with Crippen LogP contribution in [-0.4, -0.2) is 78.7 Å². The van der Waals surface area contributed by atoms with Gasteiger partial charge in [0.05, 0.1) is 12.4 Å². The van der Waals surface area contributed by atoms with Crippen molar-refractivity contribution in [3.8, 4) is 0 Å². The predicted octanol–water partition coefficient (Wildman–Crippen LogP) is 0.366. The van der Waals surface area contributed by atoms with Crippen molar-refractivity contribution in [3.63, 3.8) is 0 Å². The molecule has 12 heteroatoms. The topological polar surface area (TPSA) is 141 Å². The SMILES string of the molecule is CCOC(=O)CS[C@@H]1O[C@H](COC(C)=O)[C@@H](OC(C)=O)[C@H](OC(C)=O)[C@H]1OC(C)=O. The molecule has 5 atom stereocenters. The Morgan fingerprint density at radius 2 is 1.30 bits per heavy atom. The third kappa shape index (κ3) is 8.57. The molecule has 0 radical (unpaired) electrons. The Kier molecular flexibility index (Phi) is 10.6. The van der Waals surface area contributed by atoms with E-state index in [2.05, 4.69) is 0 Å². The lowest BCUT2D eigenvalue weighted by Gasteiger charge is -2.44. The maximum atomic E-state index is 11.7. The van der Waals surface area contributed by atoms with Gasteiger partial charge in [-0.05, 0) is 6.92 Å². The van der Waals surface area contributed by atoms with Gasteiger partial charge in [0.25, 0.3) is 0 Å². The highest BCUT2D eigenvalue weighted by Gasteiger charge is 2.52. The summed E-state index contributed by atoms with van der Waals surface area (Å²) in [6, 6.07) is 0. The molecular weight excluding hydrogens is 424 g/mol. The van der Waals surface area contributed by atoms with Gasteiger partial charge < -0.3 is 28.4 Å². The maximum absolute atomic E-state index is 11.7.